The molecule has 0 bridgehead atoms. The number of methoxy groups -OCH3 is 3. The molecule has 0 spiro atoms. The normalized spacial score (nSPS) is 17.4. The van der Waals surface area contributed by atoms with Gasteiger partial charge in [-0.3, -0.25) is 0 Å². The molecule has 1 aromatic rings. The highest BCUT2D eigenvalue weighted by molar-refractivity contribution is 5.75. The summed E-state index contributed by atoms with van der Waals surface area (Å²) < 4.78 is 15.7. The van der Waals surface area contributed by atoms with Crippen molar-refractivity contribution < 1.29 is 19.0 Å². The Hall–Kier alpha value is -1.95. The van der Waals surface area contributed by atoms with Crippen LogP contribution in [0.3, 0.4) is 0 Å². The Morgan fingerprint density at radius 2 is 2.14 bits per heavy atom. The highest BCUT2D eigenvalue weighted by atomic mass is 16.5. The Labute approximate surface area is 131 Å². The fourth-order valence-electron chi connectivity index (χ4n) is 2.79. The first kappa shape index (κ1) is 16.4. The standard InChI is InChI=1S/C16H24N2O4/c1-20-10-8-17-16(19)18-9-4-5-14(18)13-7-6-12(21-2)11-15(13)22-3/h6-7,11,14H,4-5,8-10H2,1-3H3,(H,17,19). The minimum Gasteiger partial charge on any atom is -0.497 e. The lowest BCUT2D eigenvalue weighted by Gasteiger charge is -2.26. The molecule has 0 aliphatic carbocycles. The van der Waals surface area contributed by atoms with E-state index < -0.39 is 0 Å². The molecule has 0 saturated carbocycles. The van der Waals surface area contributed by atoms with Crippen LogP contribution in [-0.2, 0) is 4.74 Å². The van der Waals surface area contributed by atoms with Gasteiger partial charge in [0.15, 0.2) is 0 Å². The molecule has 1 saturated heterocycles. The van der Waals surface area contributed by atoms with Gasteiger partial charge >= 0.3 is 6.03 Å². The van der Waals surface area contributed by atoms with E-state index in [4.69, 9.17) is 14.2 Å². The Bertz CT molecular complexity index is 507. The van der Waals surface area contributed by atoms with Crippen LogP contribution in [0, 0.1) is 0 Å². The maximum absolute atomic E-state index is 12.3. The number of rotatable bonds is 6. The van der Waals surface area contributed by atoms with Gasteiger partial charge in [-0.05, 0) is 25.0 Å². The van der Waals surface area contributed by atoms with E-state index in [0.29, 0.717) is 13.2 Å². The van der Waals surface area contributed by atoms with Gasteiger partial charge in [-0.1, -0.05) is 0 Å². The third kappa shape index (κ3) is 3.62. The first-order chi connectivity index (χ1) is 10.7. The summed E-state index contributed by atoms with van der Waals surface area (Å²) in [5.41, 5.74) is 1.02. The number of hydrogen-bond acceptors (Lipinski definition) is 4. The summed E-state index contributed by atoms with van der Waals surface area (Å²) in [6.07, 6.45) is 1.91. The van der Waals surface area contributed by atoms with Crippen molar-refractivity contribution in [1.82, 2.24) is 10.2 Å². The van der Waals surface area contributed by atoms with Gasteiger partial charge in [-0.25, -0.2) is 4.79 Å². The van der Waals surface area contributed by atoms with Crippen molar-refractivity contribution in [2.75, 3.05) is 41.0 Å². The van der Waals surface area contributed by atoms with Crippen LogP contribution in [0.5, 0.6) is 11.5 Å². The van der Waals surface area contributed by atoms with Gasteiger partial charge < -0.3 is 24.4 Å². The van der Waals surface area contributed by atoms with Crippen LogP contribution >= 0.6 is 0 Å². The van der Waals surface area contributed by atoms with Gasteiger partial charge in [0, 0.05) is 31.8 Å². The average Bonchev–Trinajstić information content (AvgIpc) is 3.03. The van der Waals surface area contributed by atoms with Crippen LogP contribution in [0.15, 0.2) is 18.2 Å². The summed E-state index contributed by atoms with van der Waals surface area (Å²) in [6, 6.07) is 5.70. The number of carbonyl (C=O) groups excluding carboxylic acids is 1. The van der Waals surface area contributed by atoms with Crippen LogP contribution in [0.2, 0.25) is 0 Å². The summed E-state index contributed by atoms with van der Waals surface area (Å²) in [7, 11) is 4.88. The van der Waals surface area contributed by atoms with E-state index >= 15 is 0 Å². The van der Waals surface area contributed by atoms with Crippen molar-refractivity contribution in [2.45, 2.75) is 18.9 Å². The molecule has 122 valence electrons. The number of carbonyl (C=O) groups is 1. The van der Waals surface area contributed by atoms with Gasteiger partial charge in [0.2, 0.25) is 0 Å². The number of nitrogens with one attached hydrogen (secondary N) is 1. The predicted octanol–water partition coefficient (Wildman–Crippen LogP) is 2.20. The molecule has 6 heteroatoms. The molecule has 22 heavy (non-hydrogen) atoms. The Morgan fingerprint density at radius 1 is 1.32 bits per heavy atom. The number of hydrogen-bond donors (Lipinski definition) is 1. The van der Waals surface area contributed by atoms with Crippen LogP contribution in [-0.4, -0.2) is 52.0 Å². The second-order valence-corrected chi connectivity index (χ2v) is 5.18. The summed E-state index contributed by atoms with van der Waals surface area (Å²) in [5, 5.41) is 2.88. The molecule has 1 aromatic carbocycles. The molecule has 1 heterocycles. The van der Waals surface area contributed by atoms with Crippen molar-refractivity contribution in [1.29, 1.82) is 0 Å². The van der Waals surface area contributed by atoms with Crippen molar-refractivity contribution in [3.63, 3.8) is 0 Å². The zero-order valence-corrected chi connectivity index (χ0v) is 13.4. The molecule has 1 N–H and O–H groups in total. The lowest BCUT2D eigenvalue weighted by Crippen LogP contribution is -2.40. The number of likely N-dealkylation sites (tertiary alicyclic amines) is 1. The highest BCUT2D eigenvalue weighted by Crippen LogP contribution is 2.38. The maximum atomic E-state index is 12.3. The van der Waals surface area contributed by atoms with E-state index in [2.05, 4.69) is 5.32 Å². The van der Waals surface area contributed by atoms with E-state index in [1.807, 2.05) is 23.1 Å². The monoisotopic (exact) mass is 308 g/mol. The van der Waals surface area contributed by atoms with Gasteiger partial charge in [0.1, 0.15) is 11.5 Å². The Kier molecular flexibility index (Phi) is 5.89. The van der Waals surface area contributed by atoms with Crippen molar-refractivity contribution in [3.8, 4) is 11.5 Å². The molecule has 1 aliphatic rings. The molecule has 0 aromatic heterocycles. The molecular formula is C16H24N2O4. The minimum atomic E-state index is -0.0579. The fraction of sp³-hybridized carbons (Fsp3) is 0.562. The molecule has 6 nitrogen and oxygen atoms in total. The zero-order chi connectivity index (χ0) is 15.9. The van der Waals surface area contributed by atoms with Crippen LogP contribution in [0.1, 0.15) is 24.4 Å². The molecular weight excluding hydrogens is 284 g/mol. The number of amides is 2. The lowest BCUT2D eigenvalue weighted by atomic mass is 10.0. The van der Waals surface area contributed by atoms with Gasteiger partial charge in [0.05, 0.1) is 26.9 Å². The van der Waals surface area contributed by atoms with Gasteiger partial charge in [-0.2, -0.15) is 0 Å². The minimum absolute atomic E-state index is 0.0309. The van der Waals surface area contributed by atoms with Crippen molar-refractivity contribution in [3.05, 3.63) is 23.8 Å². The second kappa shape index (κ2) is 7.89. The molecule has 0 radical (unpaired) electrons. The Morgan fingerprint density at radius 3 is 2.82 bits per heavy atom. The number of benzene rings is 1. The second-order valence-electron chi connectivity index (χ2n) is 5.18. The summed E-state index contributed by atoms with van der Waals surface area (Å²) >= 11 is 0. The van der Waals surface area contributed by atoms with Gasteiger partial charge in [-0.15, -0.1) is 0 Å². The highest BCUT2D eigenvalue weighted by Gasteiger charge is 2.31. The lowest BCUT2D eigenvalue weighted by molar-refractivity contribution is 0.176. The quantitative estimate of drug-likeness (QED) is 0.819. The first-order valence-corrected chi connectivity index (χ1v) is 7.46. The van der Waals surface area contributed by atoms with Gasteiger partial charge in [0.25, 0.3) is 0 Å². The van der Waals surface area contributed by atoms with Crippen LogP contribution in [0.4, 0.5) is 4.79 Å². The van der Waals surface area contributed by atoms with Crippen LogP contribution < -0.4 is 14.8 Å². The fourth-order valence-corrected chi connectivity index (χ4v) is 2.79. The van der Waals surface area contributed by atoms with E-state index in [9.17, 15) is 4.79 Å². The first-order valence-electron chi connectivity index (χ1n) is 7.46. The molecule has 2 amide bonds. The smallest absolute Gasteiger partial charge is 0.317 e. The maximum Gasteiger partial charge on any atom is 0.317 e. The number of ether oxygens (including phenoxy) is 3. The van der Waals surface area contributed by atoms with E-state index in [0.717, 1.165) is 36.4 Å². The van der Waals surface area contributed by atoms with E-state index in [-0.39, 0.29) is 12.1 Å². The molecule has 1 atom stereocenters. The SMILES string of the molecule is COCCNC(=O)N1CCCC1c1ccc(OC)cc1OC. The molecule has 1 fully saturated rings. The van der Waals surface area contributed by atoms with E-state index in [1.54, 1.807) is 21.3 Å². The third-order valence-corrected chi connectivity index (χ3v) is 3.90. The Balaban J connectivity index is 2.14. The van der Waals surface area contributed by atoms with Crippen molar-refractivity contribution in [2.24, 2.45) is 0 Å². The third-order valence-electron chi connectivity index (χ3n) is 3.90. The number of nitrogens with zero attached hydrogens (tertiary/aromatic N) is 1. The topological polar surface area (TPSA) is 60.0 Å². The van der Waals surface area contributed by atoms with Crippen LogP contribution in [0.25, 0.3) is 0 Å². The van der Waals surface area contributed by atoms with Crippen molar-refractivity contribution >= 4 is 6.03 Å². The molecule has 1 aliphatic heterocycles. The summed E-state index contributed by atoms with van der Waals surface area (Å²) in [4.78, 5) is 14.2. The molecule has 1 unspecified atom stereocenters. The zero-order valence-electron chi connectivity index (χ0n) is 13.4. The van der Waals surface area contributed by atoms with E-state index in [1.165, 1.54) is 0 Å². The summed E-state index contributed by atoms with van der Waals surface area (Å²) in [6.45, 7) is 1.77. The number of urea groups is 1. The predicted molar refractivity (Wildman–Crippen MR) is 83.5 cm³/mol. The largest absolute Gasteiger partial charge is 0.497 e. The molecule has 2 rings (SSSR count). The summed E-state index contributed by atoms with van der Waals surface area (Å²) in [5.74, 6) is 1.50. The average molecular weight is 308 g/mol.